The number of hydrogen-bond acceptors (Lipinski definition) is 4. The summed E-state index contributed by atoms with van der Waals surface area (Å²) in [5.74, 6) is 0.402. The first-order valence-electron chi connectivity index (χ1n) is 8.86. The second-order valence-corrected chi connectivity index (χ2v) is 9.50. The van der Waals surface area contributed by atoms with E-state index >= 15 is 0 Å². The van der Waals surface area contributed by atoms with Gasteiger partial charge in [-0.1, -0.05) is 30.2 Å². The van der Waals surface area contributed by atoms with Crippen LogP contribution in [0.25, 0.3) is 0 Å². The van der Waals surface area contributed by atoms with Crippen LogP contribution in [-0.4, -0.2) is 20.4 Å². The fourth-order valence-electron chi connectivity index (χ4n) is 3.96. The van der Waals surface area contributed by atoms with E-state index in [4.69, 9.17) is 16.7 Å². The van der Waals surface area contributed by atoms with Crippen LogP contribution in [0.1, 0.15) is 37.3 Å². The lowest BCUT2D eigenvalue weighted by molar-refractivity contribution is 0.467. The third-order valence-electron chi connectivity index (χ3n) is 5.25. The number of rotatable bonds is 3. The van der Waals surface area contributed by atoms with Crippen molar-refractivity contribution in [2.75, 3.05) is 11.3 Å². The van der Waals surface area contributed by atoms with Crippen molar-refractivity contribution >= 4 is 32.8 Å². The maximum absolute atomic E-state index is 11.7. The molecule has 2 unspecified atom stereocenters. The average molecular weight is 389 g/mol. The molecule has 1 aliphatic heterocycles. The number of halogens is 1. The largest absolute Gasteiger partial charge is 0.257 e. The summed E-state index contributed by atoms with van der Waals surface area (Å²) in [7, 11) is -3.20. The van der Waals surface area contributed by atoms with E-state index in [1.165, 1.54) is 30.4 Å². The van der Waals surface area contributed by atoms with E-state index in [0.29, 0.717) is 10.8 Å². The lowest BCUT2D eigenvalue weighted by Crippen LogP contribution is -2.27. The zero-order valence-corrected chi connectivity index (χ0v) is 16.2. The number of nitrogens with zero attached hydrogens (tertiary/aromatic N) is 2. The predicted octanol–water partition coefficient (Wildman–Crippen LogP) is 4.85. The van der Waals surface area contributed by atoms with Crippen LogP contribution in [-0.2, 0) is 9.84 Å². The molecular formula is C20H21ClN2O2S. The molecule has 1 aliphatic carbocycles. The standard InChI is InChI=1S/C20H21ClN2O2S/c1-26(24,25)17-12-10-16(11-13-17)23-20(14-6-8-15(21)9-7-14)18-4-2-3-5-19(18)22-23/h6-13,18,20H,2-5H2,1H3. The third kappa shape index (κ3) is 3.26. The molecule has 2 aromatic carbocycles. The Morgan fingerprint density at radius 3 is 2.38 bits per heavy atom. The van der Waals surface area contributed by atoms with Gasteiger partial charge in [-0.3, -0.25) is 5.01 Å². The van der Waals surface area contributed by atoms with Crippen molar-refractivity contribution in [3.8, 4) is 0 Å². The SMILES string of the molecule is CS(=O)(=O)c1ccc(N2N=C3CCCCC3C2c2ccc(Cl)cc2)cc1. The average Bonchev–Trinajstić information content (AvgIpc) is 3.01. The molecule has 0 radical (unpaired) electrons. The number of anilines is 1. The monoisotopic (exact) mass is 388 g/mol. The second kappa shape index (κ2) is 6.71. The van der Waals surface area contributed by atoms with Gasteiger partial charge >= 0.3 is 0 Å². The third-order valence-corrected chi connectivity index (χ3v) is 6.63. The Labute approximate surface area is 159 Å². The summed E-state index contributed by atoms with van der Waals surface area (Å²) in [4.78, 5) is 0.327. The van der Waals surface area contributed by atoms with Gasteiger partial charge in [0.25, 0.3) is 0 Å². The first-order valence-corrected chi connectivity index (χ1v) is 11.1. The summed E-state index contributed by atoms with van der Waals surface area (Å²) in [5.41, 5.74) is 3.36. The van der Waals surface area contributed by atoms with Crippen LogP contribution >= 0.6 is 11.6 Å². The number of sulfone groups is 1. The van der Waals surface area contributed by atoms with Crippen LogP contribution in [0.15, 0.2) is 58.5 Å². The topological polar surface area (TPSA) is 49.7 Å². The molecule has 4 rings (SSSR count). The van der Waals surface area contributed by atoms with Gasteiger partial charge in [0.05, 0.1) is 16.6 Å². The van der Waals surface area contributed by atoms with Gasteiger partial charge in [0.1, 0.15) is 0 Å². The lowest BCUT2D eigenvalue weighted by atomic mass is 9.80. The van der Waals surface area contributed by atoms with Crippen LogP contribution in [0, 0.1) is 5.92 Å². The van der Waals surface area contributed by atoms with Crippen LogP contribution in [0.2, 0.25) is 5.02 Å². The molecule has 2 atom stereocenters. The van der Waals surface area contributed by atoms with E-state index in [-0.39, 0.29) is 6.04 Å². The van der Waals surface area contributed by atoms with Crippen LogP contribution in [0.5, 0.6) is 0 Å². The Balaban J connectivity index is 1.74. The molecule has 136 valence electrons. The highest BCUT2D eigenvalue weighted by atomic mass is 35.5. The fraction of sp³-hybridized carbons (Fsp3) is 0.350. The van der Waals surface area contributed by atoms with Gasteiger partial charge in [0.2, 0.25) is 0 Å². The number of fused-ring (bicyclic) bond motifs is 1. The molecule has 0 amide bonds. The summed E-state index contributed by atoms with van der Waals surface area (Å²) in [5, 5.41) is 7.70. The minimum atomic E-state index is -3.20. The summed E-state index contributed by atoms with van der Waals surface area (Å²) in [6.07, 6.45) is 5.79. The molecule has 2 aromatic rings. The van der Waals surface area contributed by atoms with Gasteiger partial charge in [0, 0.05) is 22.9 Å². The normalized spacial score (nSPS) is 22.8. The van der Waals surface area contributed by atoms with E-state index < -0.39 is 9.84 Å². The zero-order valence-electron chi connectivity index (χ0n) is 14.6. The minimum absolute atomic E-state index is 0.131. The van der Waals surface area contributed by atoms with Crippen molar-refractivity contribution in [1.29, 1.82) is 0 Å². The molecule has 1 fully saturated rings. The smallest absolute Gasteiger partial charge is 0.175 e. The van der Waals surface area contributed by atoms with Crippen molar-refractivity contribution < 1.29 is 8.42 Å². The molecule has 2 aliphatic rings. The van der Waals surface area contributed by atoms with Crippen molar-refractivity contribution in [3.63, 3.8) is 0 Å². The van der Waals surface area contributed by atoms with E-state index in [2.05, 4.69) is 17.1 Å². The van der Waals surface area contributed by atoms with Crippen LogP contribution in [0.4, 0.5) is 5.69 Å². The van der Waals surface area contributed by atoms with Crippen molar-refractivity contribution in [1.82, 2.24) is 0 Å². The van der Waals surface area contributed by atoms with Gasteiger partial charge < -0.3 is 0 Å². The Morgan fingerprint density at radius 2 is 1.73 bits per heavy atom. The van der Waals surface area contributed by atoms with Crippen molar-refractivity contribution in [3.05, 3.63) is 59.1 Å². The maximum Gasteiger partial charge on any atom is 0.175 e. The molecule has 0 saturated heterocycles. The molecule has 1 saturated carbocycles. The van der Waals surface area contributed by atoms with E-state index in [9.17, 15) is 8.42 Å². The van der Waals surface area contributed by atoms with E-state index in [1.807, 2.05) is 24.3 Å². The molecule has 1 heterocycles. The highest BCUT2D eigenvalue weighted by Crippen LogP contribution is 2.44. The highest BCUT2D eigenvalue weighted by Gasteiger charge is 2.39. The summed E-state index contributed by atoms with van der Waals surface area (Å²) in [6, 6.07) is 15.1. The van der Waals surface area contributed by atoms with Gasteiger partial charge in [0.15, 0.2) is 9.84 Å². The number of hydrazone groups is 1. The van der Waals surface area contributed by atoms with Crippen molar-refractivity contribution in [2.45, 2.75) is 36.6 Å². The quantitative estimate of drug-likeness (QED) is 0.755. The summed E-state index contributed by atoms with van der Waals surface area (Å²) in [6.45, 7) is 0. The molecular weight excluding hydrogens is 368 g/mol. The predicted molar refractivity (Wildman–Crippen MR) is 106 cm³/mol. The number of hydrogen-bond donors (Lipinski definition) is 0. The summed E-state index contributed by atoms with van der Waals surface area (Å²) >= 11 is 6.07. The molecule has 26 heavy (non-hydrogen) atoms. The molecule has 0 N–H and O–H groups in total. The van der Waals surface area contributed by atoms with Gasteiger partial charge in [-0.15, -0.1) is 0 Å². The Bertz CT molecular complexity index is 937. The van der Waals surface area contributed by atoms with Crippen LogP contribution < -0.4 is 5.01 Å². The molecule has 0 spiro atoms. The van der Waals surface area contributed by atoms with Gasteiger partial charge in [-0.05, 0) is 61.2 Å². The van der Waals surface area contributed by atoms with Crippen LogP contribution in [0.3, 0.4) is 0 Å². The van der Waals surface area contributed by atoms with Crippen molar-refractivity contribution in [2.24, 2.45) is 11.0 Å². The Hall–Kier alpha value is -1.85. The molecule has 6 heteroatoms. The Morgan fingerprint density at radius 1 is 1.04 bits per heavy atom. The van der Waals surface area contributed by atoms with Gasteiger partial charge in [-0.2, -0.15) is 5.10 Å². The maximum atomic E-state index is 11.7. The molecule has 4 nitrogen and oxygen atoms in total. The second-order valence-electron chi connectivity index (χ2n) is 7.05. The Kier molecular flexibility index (Phi) is 4.53. The molecule has 0 bridgehead atoms. The van der Waals surface area contributed by atoms with Gasteiger partial charge in [-0.25, -0.2) is 8.42 Å². The van der Waals surface area contributed by atoms with E-state index in [1.54, 1.807) is 12.1 Å². The first-order chi connectivity index (χ1) is 12.4. The number of benzene rings is 2. The fourth-order valence-corrected chi connectivity index (χ4v) is 4.71. The summed E-state index contributed by atoms with van der Waals surface area (Å²) < 4.78 is 23.5. The molecule has 0 aromatic heterocycles. The zero-order chi connectivity index (χ0) is 18.3. The van der Waals surface area contributed by atoms with E-state index in [0.717, 1.165) is 23.6 Å². The lowest BCUT2D eigenvalue weighted by Gasteiger charge is -2.30. The first kappa shape index (κ1) is 17.6. The minimum Gasteiger partial charge on any atom is -0.257 e. The highest BCUT2D eigenvalue weighted by molar-refractivity contribution is 7.90.